The van der Waals surface area contributed by atoms with Gasteiger partial charge in [-0.15, -0.1) is 0 Å². The smallest absolute Gasteiger partial charge is 0.191 e. The maximum Gasteiger partial charge on any atom is 0.191 e. The van der Waals surface area contributed by atoms with Crippen LogP contribution in [0.25, 0.3) is 11.1 Å². The molecule has 6 heteroatoms. The number of ether oxygens (including phenoxy) is 1. The zero-order valence-corrected chi connectivity index (χ0v) is 18.6. The van der Waals surface area contributed by atoms with E-state index in [9.17, 15) is 4.21 Å². The Labute approximate surface area is 174 Å². The van der Waals surface area contributed by atoms with Crippen molar-refractivity contribution in [3.63, 3.8) is 0 Å². The average molecular weight is 422 g/mol. The first-order valence-electron chi connectivity index (χ1n) is 8.68. The highest BCUT2D eigenvalue weighted by molar-refractivity contribution is 7.85. The number of aryl methyl sites for hydroxylation is 1. The van der Waals surface area contributed by atoms with E-state index in [1.807, 2.05) is 71.0 Å². The summed E-state index contributed by atoms with van der Waals surface area (Å²) in [4.78, 5) is 0. The molecule has 0 aliphatic heterocycles. The summed E-state index contributed by atoms with van der Waals surface area (Å²) in [5.74, 6) is 0. The fourth-order valence-corrected chi connectivity index (χ4v) is 3.69. The number of halogens is 1. The third-order valence-electron chi connectivity index (χ3n) is 3.83. The summed E-state index contributed by atoms with van der Waals surface area (Å²) in [7, 11) is -1.36. The maximum atomic E-state index is 12.4. The third kappa shape index (κ3) is 5.47. The lowest BCUT2D eigenvalue weighted by Gasteiger charge is -2.17. The summed E-state index contributed by atoms with van der Waals surface area (Å²) < 4.78 is 21.8. The van der Waals surface area contributed by atoms with Crippen molar-refractivity contribution < 1.29 is 8.95 Å². The fourth-order valence-electron chi connectivity index (χ4n) is 2.59. The highest BCUT2D eigenvalue weighted by Gasteiger charge is 2.19. The molecule has 0 aliphatic carbocycles. The van der Waals surface area contributed by atoms with E-state index in [0.717, 1.165) is 27.8 Å². The van der Waals surface area contributed by atoms with Crippen molar-refractivity contribution in [2.75, 3.05) is 6.61 Å². The van der Waals surface area contributed by atoms with Crippen molar-refractivity contribution >= 4 is 46.1 Å². The van der Waals surface area contributed by atoms with E-state index in [4.69, 9.17) is 28.6 Å². The van der Waals surface area contributed by atoms with Crippen LogP contribution in [0.1, 0.15) is 44.4 Å². The van der Waals surface area contributed by atoms with E-state index in [-0.39, 0.29) is 0 Å². The molecule has 27 heavy (non-hydrogen) atoms. The molecule has 2 aromatic rings. The van der Waals surface area contributed by atoms with Crippen molar-refractivity contribution in [2.24, 2.45) is 4.40 Å². The molecule has 144 valence electrons. The Morgan fingerprint density at radius 1 is 1.30 bits per heavy atom. The van der Waals surface area contributed by atoms with Crippen LogP contribution in [0.3, 0.4) is 0 Å². The molecule has 1 atom stereocenters. The molecule has 1 unspecified atom stereocenters. The Morgan fingerprint density at radius 3 is 2.59 bits per heavy atom. The van der Waals surface area contributed by atoms with Gasteiger partial charge >= 0.3 is 0 Å². The molecule has 0 aromatic heterocycles. The number of benzene rings is 2. The Hall–Kier alpha value is -1.56. The Morgan fingerprint density at radius 2 is 1.96 bits per heavy atom. The van der Waals surface area contributed by atoms with E-state index < -0.39 is 15.7 Å². The first-order valence-corrected chi connectivity index (χ1v) is 10.6. The Balaban J connectivity index is 2.64. The standard InChI is InChI=1S/C21H24ClNO2S2/c1-6-25-20(26)18-10-8-7-9-17(18)19-14(2)11-16(22)12-15(19)13-23-27(24)21(3,4)5/h7-13H,6H2,1-5H3/b23-13-. The molecule has 2 aromatic carbocycles. The normalized spacial score (nSPS) is 13.0. The number of rotatable bonds is 5. The minimum atomic E-state index is -1.36. The molecular formula is C21H24ClNO2S2. The molecule has 0 aliphatic rings. The molecule has 0 heterocycles. The van der Waals surface area contributed by atoms with Gasteiger partial charge in [-0.05, 0) is 81.7 Å². The van der Waals surface area contributed by atoms with Crippen LogP contribution < -0.4 is 0 Å². The molecule has 2 rings (SSSR count). The maximum absolute atomic E-state index is 12.4. The highest BCUT2D eigenvalue weighted by Crippen LogP contribution is 2.33. The van der Waals surface area contributed by atoms with Crippen LogP contribution in [0.15, 0.2) is 40.8 Å². The van der Waals surface area contributed by atoms with Crippen molar-refractivity contribution in [1.82, 2.24) is 0 Å². The number of hydrogen-bond donors (Lipinski definition) is 0. The van der Waals surface area contributed by atoms with Crippen LogP contribution >= 0.6 is 23.8 Å². The van der Waals surface area contributed by atoms with Crippen LogP contribution in [0.5, 0.6) is 0 Å². The summed E-state index contributed by atoms with van der Waals surface area (Å²) in [5, 5.41) is 1.05. The van der Waals surface area contributed by atoms with Gasteiger partial charge in [0.05, 0.1) is 11.4 Å². The molecule has 0 amide bonds. The average Bonchev–Trinajstić information content (AvgIpc) is 2.58. The van der Waals surface area contributed by atoms with Crippen molar-refractivity contribution in [3.05, 3.63) is 58.1 Å². The lowest BCUT2D eigenvalue weighted by Crippen LogP contribution is -2.19. The number of hydrogen-bond acceptors (Lipinski definition) is 3. The summed E-state index contributed by atoms with van der Waals surface area (Å²) in [5.41, 5.74) is 4.51. The topological polar surface area (TPSA) is 38.7 Å². The van der Waals surface area contributed by atoms with Gasteiger partial charge in [-0.1, -0.05) is 29.8 Å². The van der Waals surface area contributed by atoms with Crippen LogP contribution in [0.2, 0.25) is 5.02 Å². The van der Waals surface area contributed by atoms with Gasteiger partial charge in [-0.3, -0.25) is 0 Å². The van der Waals surface area contributed by atoms with Gasteiger partial charge in [0.25, 0.3) is 0 Å². The largest absolute Gasteiger partial charge is 0.483 e. The minimum Gasteiger partial charge on any atom is -0.483 e. The second-order valence-corrected chi connectivity index (χ2v) is 9.79. The van der Waals surface area contributed by atoms with E-state index >= 15 is 0 Å². The molecule has 0 fully saturated rings. The van der Waals surface area contributed by atoms with E-state index in [0.29, 0.717) is 16.7 Å². The van der Waals surface area contributed by atoms with Gasteiger partial charge < -0.3 is 4.74 Å². The molecule has 0 saturated heterocycles. The SMILES string of the molecule is CCOC(=S)c1ccccc1-c1c(C)cc(Cl)cc1/C=N\S(=O)C(C)(C)C. The summed E-state index contributed by atoms with van der Waals surface area (Å²) >= 11 is 11.7. The van der Waals surface area contributed by atoms with E-state index in [1.54, 1.807) is 6.21 Å². The van der Waals surface area contributed by atoms with Gasteiger partial charge in [-0.2, -0.15) is 4.40 Å². The molecule has 0 saturated carbocycles. The summed E-state index contributed by atoms with van der Waals surface area (Å²) in [6.45, 7) is 10.1. The molecule has 0 radical (unpaired) electrons. The van der Waals surface area contributed by atoms with Crippen molar-refractivity contribution in [1.29, 1.82) is 0 Å². The van der Waals surface area contributed by atoms with Gasteiger partial charge in [0.15, 0.2) is 5.05 Å². The minimum absolute atomic E-state index is 0.432. The molecule has 3 nitrogen and oxygen atoms in total. The van der Waals surface area contributed by atoms with E-state index in [1.165, 1.54) is 0 Å². The zero-order valence-electron chi connectivity index (χ0n) is 16.2. The third-order valence-corrected chi connectivity index (χ3v) is 5.73. The highest BCUT2D eigenvalue weighted by atomic mass is 35.5. The quantitative estimate of drug-likeness (QED) is 0.445. The van der Waals surface area contributed by atoms with Crippen molar-refractivity contribution in [3.8, 4) is 11.1 Å². The summed E-state index contributed by atoms with van der Waals surface area (Å²) in [6, 6.07) is 11.5. The van der Waals surface area contributed by atoms with Gasteiger partial charge in [0.1, 0.15) is 11.0 Å². The number of thiocarbonyl (C=S) groups is 1. The zero-order chi connectivity index (χ0) is 20.2. The van der Waals surface area contributed by atoms with Crippen LogP contribution in [0.4, 0.5) is 0 Å². The second-order valence-electron chi connectivity index (χ2n) is 7.05. The fraction of sp³-hybridized carbons (Fsp3) is 0.333. The van der Waals surface area contributed by atoms with Gasteiger partial charge in [0.2, 0.25) is 0 Å². The van der Waals surface area contributed by atoms with Crippen LogP contribution in [-0.2, 0) is 15.7 Å². The van der Waals surface area contributed by atoms with Gasteiger partial charge in [0, 0.05) is 22.4 Å². The lowest BCUT2D eigenvalue weighted by molar-refractivity contribution is 0.338. The monoisotopic (exact) mass is 421 g/mol. The van der Waals surface area contributed by atoms with Crippen LogP contribution in [-0.4, -0.2) is 26.8 Å². The van der Waals surface area contributed by atoms with Crippen LogP contribution in [0, 0.1) is 6.92 Å². The number of nitrogens with zero attached hydrogens (tertiary/aromatic N) is 1. The Kier molecular flexibility index (Phi) is 7.32. The lowest BCUT2D eigenvalue weighted by atomic mass is 9.92. The van der Waals surface area contributed by atoms with Crippen molar-refractivity contribution in [2.45, 2.75) is 39.4 Å². The first kappa shape index (κ1) is 21.7. The Bertz CT molecular complexity index is 902. The summed E-state index contributed by atoms with van der Waals surface area (Å²) in [6.07, 6.45) is 1.63. The predicted octanol–water partition coefficient (Wildman–Crippen LogP) is 5.91. The molecule has 0 N–H and O–H groups in total. The predicted molar refractivity (Wildman–Crippen MR) is 120 cm³/mol. The second kappa shape index (κ2) is 9.09. The first-order chi connectivity index (χ1) is 12.6. The molecule has 0 bridgehead atoms. The molecular weight excluding hydrogens is 398 g/mol. The van der Waals surface area contributed by atoms with Gasteiger partial charge in [-0.25, -0.2) is 4.21 Å². The van der Waals surface area contributed by atoms with E-state index in [2.05, 4.69) is 4.40 Å². The molecule has 0 spiro atoms.